The Bertz CT molecular complexity index is 591. The summed E-state index contributed by atoms with van der Waals surface area (Å²) in [7, 11) is 0. The van der Waals surface area contributed by atoms with Crippen LogP contribution in [0.1, 0.15) is 52.0 Å². The summed E-state index contributed by atoms with van der Waals surface area (Å²) >= 11 is 0. The summed E-state index contributed by atoms with van der Waals surface area (Å²) in [6.45, 7) is 11.3. The minimum atomic E-state index is -0.437. The van der Waals surface area contributed by atoms with Crippen LogP contribution in [0.2, 0.25) is 0 Å². The number of hydrogen-bond donors (Lipinski definition) is 1. The molecule has 0 spiro atoms. The van der Waals surface area contributed by atoms with Crippen LogP contribution in [0.5, 0.6) is 0 Å². The summed E-state index contributed by atoms with van der Waals surface area (Å²) in [4.78, 5) is 17.2. The van der Waals surface area contributed by atoms with Crippen molar-refractivity contribution < 1.29 is 9.53 Å². The first-order valence-electron chi connectivity index (χ1n) is 10.4. The SMILES string of the molecule is CC(C)(C)OC(=O)N[C@H]1CCC[C@H](N2CCN(Cc3ccccc3)CC2)C1. The molecule has 0 bridgehead atoms. The van der Waals surface area contributed by atoms with E-state index in [0.29, 0.717) is 6.04 Å². The summed E-state index contributed by atoms with van der Waals surface area (Å²) in [6, 6.07) is 11.5. The van der Waals surface area contributed by atoms with E-state index in [-0.39, 0.29) is 12.1 Å². The van der Waals surface area contributed by atoms with Crippen LogP contribution in [-0.2, 0) is 11.3 Å². The molecule has 0 aromatic heterocycles. The largest absolute Gasteiger partial charge is 0.444 e. The third-order valence-electron chi connectivity index (χ3n) is 5.54. The number of alkyl carbamates (subject to hydrolysis) is 1. The molecule has 1 saturated carbocycles. The van der Waals surface area contributed by atoms with Crippen LogP contribution in [-0.4, -0.2) is 59.8 Å². The lowest BCUT2D eigenvalue weighted by atomic mass is 9.89. The number of nitrogens with one attached hydrogen (secondary N) is 1. The minimum absolute atomic E-state index is 0.237. The van der Waals surface area contributed by atoms with Crippen molar-refractivity contribution in [1.29, 1.82) is 0 Å². The van der Waals surface area contributed by atoms with E-state index in [1.807, 2.05) is 20.8 Å². The predicted molar refractivity (Wildman–Crippen MR) is 109 cm³/mol. The van der Waals surface area contributed by atoms with Crippen molar-refractivity contribution in [3.05, 3.63) is 35.9 Å². The molecule has 2 fully saturated rings. The van der Waals surface area contributed by atoms with E-state index >= 15 is 0 Å². The first-order chi connectivity index (χ1) is 12.9. The lowest BCUT2D eigenvalue weighted by Gasteiger charge is -2.42. The Kier molecular flexibility index (Phi) is 6.77. The molecule has 1 aromatic rings. The third-order valence-corrected chi connectivity index (χ3v) is 5.54. The summed E-state index contributed by atoms with van der Waals surface area (Å²) in [6.07, 6.45) is 4.24. The number of hydrogen-bond acceptors (Lipinski definition) is 4. The van der Waals surface area contributed by atoms with Crippen molar-refractivity contribution in [3.8, 4) is 0 Å². The number of ether oxygens (including phenoxy) is 1. The zero-order chi connectivity index (χ0) is 19.3. The van der Waals surface area contributed by atoms with Crippen LogP contribution in [0.25, 0.3) is 0 Å². The van der Waals surface area contributed by atoms with Gasteiger partial charge in [0.2, 0.25) is 0 Å². The number of benzene rings is 1. The summed E-state index contributed by atoms with van der Waals surface area (Å²) < 4.78 is 5.42. The molecule has 5 heteroatoms. The Morgan fingerprint density at radius 3 is 2.48 bits per heavy atom. The second-order valence-corrected chi connectivity index (χ2v) is 8.96. The number of carbonyl (C=O) groups excluding carboxylic acids is 1. The van der Waals surface area contributed by atoms with Gasteiger partial charge in [-0.2, -0.15) is 0 Å². The topological polar surface area (TPSA) is 44.8 Å². The van der Waals surface area contributed by atoms with E-state index in [2.05, 4.69) is 45.4 Å². The van der Waals surface area contributed by atoms with Crippen LogP contribution in [0.15, 0.2) is 30.3 Å². The fraction of sp³-hybridized carbons (Fsp3) is 0.682. The van der Waals surface area contributed by atoms with Gasteiger partial charge in [-0.25, -0.2) is 4.79 Å². The van der Waals surface area contributed by atoms with E-state index in [0.717, 1.165) is 45.6 Å². The Labute approximate surface area is 164 Å². The molecule has 1 aromatic carbocycles. The molecule has 1 saturated heterocycles. The molecule has 1 heterocycles. The lowest BCUT2D eigenvalue weighted by Crippen LogP contribution is -2.53. The fourth-order valence-corrected chi connectivity index (χ4v) is 4.23. The molecule has 0 radical (unpaired) electrons. The van der Waals surface area contributed by atoms with E-state index < -0.39 is 5.60 Å². The molecule has 5 nitrogen and oxygen atoms in total. The predicted octanol–water partition coefficient (Wildman–Crippen LogP) is 3.64. The molecule has 1 aliphatic carbocycles. The molecule has 150 valence electrons. The Balaban J connectivity index is 1.43. The monoisotopic (exact) mass is 373 g/mol. The van der Waals surface area contributed by atoms with Crippen LogP contribution in [0, 0.1) is 0 Å². The Hall–Kier alpha value is -1.59. The van der Waals surface area contributed by atoms with Gasteiger partial charge < -0.3 is 10.1 Å². The van der Waals surface area contributed by atoms with Crippen LogP contribution < -0.4 is 5.32 Å². The molecule has 3 rings (SSSR count). The molecular formula is C22H35N3O2. The van der Waals surface area contributed by atoms with Gasteiger partial charge in [-0.05, 0) is 52.0 Å². The second kappa shape index (κ2) is 9.07. The number of amides is 1. The van der Waals surface area contributed by atoms with Crippen LogP contribution in [0.3, 0.4) is 0 Å². The molecule has 1 amide bonds. The van der Waals surface area contributed by atoms with Crippen molar-refractivity contribution >= 4 is 6.09 Å². The number of rotatable bonds is 4. The molecule has 0 unspecified atom stereocenters. The molecule has 1 aliphatic heterocycles. The maximum absolute atomic E-state index is 12.1. The minimum Gasteiger partial charge on any atom is -0.444 e. The average Bonchev–Trinajstić information content (AvgIpc) is 2.62. The van der Waals surface area contributed by atoms with Gasteiger partial charge >= 0.3 is 6.09 Å². The fourth-order valence-electron chi connectivity index (χ4n) is 4.23. The maximum Gasteiger partial charge on any atom is 0.407 e. The van der Waals surface area contributed by atoms with E-state index in [4.69, 9.17) is 4.74 Å². The molecular weight excluding hydrogens is 338 g/mol. The van der Waals surface area contributed by atoms with E-state index in [9.17, 15) is 4.79 Å². The molecule has 27 heavy (non-hydrogen) atoms. The van der Waals surface area contributed by atoms with Crippen molar-refractivity contribution in [1.82, 2.24) is 15.1 Å². The van der Waals surface area contributed by atoms with Gasteiger partial charge in [-0.3, -0.25) is 9.80 Å². The standard InChI is InChI=1S/C22H35N3O2/c1-22(2,3)27-21(26)23-19-10-7-11-20(16-19)25-14-12-24(13-15-25)17-18-8-5-4-6-9-18/h4-6,8-9,19-20H,7,10-17H2,1-3H3,(H,23,26)/t19-,20-/m0/s1. The lowest BCUT2D eigenvalue weighted by molar-refractivity contribution is 0.0428. The molecule has 2 atom stereocenters. The van der Waals surface area contributed by atoms with Crippen LogP contribution in [0.4, 0.5) is 4.79 Å². The zero-order valence-electron chi connectivity index (χ0n) is 17.1. The second-order valence-electron chi connectivity index (χ2n) is 8.96. The highest BCUT2D eigenvalue weighted by Gasteiger charge is 2.30. The highest BCUT2D eigenvalue weighted by molar-refractivity contribution is 5.68. The van der Waals surface area contributed by atoms with Crippen LogP contribution >= 0.6 is 0 Å². The molecule has 1 N–H and O–H groups in total. The van der Waals surface area contributed by atoms with Gasteiger partial charge in [0, 0.05) is 44.8 Å². The number of piperazine rings is 1. The number of carbonyl (C=O) groups is 1. The average molecular weight is 374 g/mol. The van der Waals surface area contributed by atoms with Crippen molar-refractivity contribution in [2.75, 3.05) is 26.2 Å². The van der Waals surface area contributed by atoms with E-state index in [1.165, 1.54) is 18.4 Å². The first kappa shape index (κ1) is 20.2. The quantitative estimate of drug-likeness (QED) is 0.875. The number of nitrogens with zero attached hydrogens (tertiary/aromatic N) is 2. The third kappa shape index (κ3) is 6.51. The van der Waals surface area contributed by atoms with E-state index in [1.54, 1.807) is 0 Å². The summed E-state index contributed by atoms with van der Waals surface area (Å²) in [5.41, 5.74) is 0.956. The zero-order valence-corrected chi connectivity index (χ0v) is 17.1. The van der Waals surface area contributed by atoms with Gasteiger partial charge in [0.25, 0.3) is 0 Å². The van der Waals surface area contributed by atoms with Crippen molar-refractivity contribution in [2.24, 2.45) is 0 Å². The van der Waals surface area contributed by atoms with Gasteiger partial charge in [0.1, 0.15) is 5.60 Å². The highest BCUT2D eigenvalue weighted by Crippen LogP contribution is 2.25. The van der Waals surface area contributed by atoms with Crippen molar-refractivity contribution in [3.63, 3.8) is 0 Å². The summed E-state index contributed by atoms with van der Waals surface area (Å²) in [5, 5.41) is 3.09. The Morgan fingerprint density at radius 2 is 1.81 bits per heavy atom. The van der Waals surface area contributed by atoms with Gasteiger partial charge in [0.05, 0.1) is 0 Å². The van der Waals surface area contributed by atoms with Gasteiger partial charge in [-0.1, -0.05) is 30.3 Å². The maximum atomic E-state index is 12.1. The van der Waals surface area contributed by atoms with Gasteiger partial charge in [-0.15, -0.1) is 0 Å². The first-order valence-corrected chi connectivity index (χ1v) is 10.4. The normalized spacial score (nSPS) is 25.1. The smallest absolute Gasteiger partial charge is 0.407 e. The van der Waals surface area contributed by atoms with Crippen molar-refractivity contribution in [2.45, 2.75) is 70.7 Å². The summed E-state index contributed by atoms with van der Waals surface area (Å²) in [5.74, 6) is 0. The Morgan fingerprint density at radius 1 is 1.11 bits per heavy atom. The molecule has 2 aliphatic rings. The highest BCUT2D eigenvalue weighted by atomic mass is 16.6. The van der Waals surface area contributed by atoms with Gasteiger partial charge in [0.15, 0.2) is 0 Å².